The van der Waals surface area contributed by atoms with Crippen molar-refractivity contribution in [1.82, 2.24) is 5.43 Å². The molecule has 1 atom stereocenters. The van der Waals surface area contributed by atoms with Crippen LogP contribution in [0.25, 0.3) is 0 Å². The van der Waals surface area contributed by atoms with Crippen molar-refractivity contribution in [2.24, 2.45) is 5.84 Å². The third kappa shape index (κ3) is 3.29. The molecule has 6 heteroatoms. The summed E-state index contributed by atoms with van der Waals surface area (Å²) in [5.41, 5.74) is 3.86. The Balaban J connectivity index is 2.72. The first-order valence-electron chi connectivity index (χ1n) is 4.17. The summed E-state index contributed by atoms with van der Waals surface area (Å²) < 4.78 is 7.49. The number of nitrogens with one attached hydrogen (secondary N) is 1. The van der Waals surface area contributed by atoms with Crippen molar-refractivity contribution in [3.8, 4) is 0 Å². The van der Waals surface area contributed by atoms with E-state index < -0.39 is 0 Å². The Labute approximate surface area is 104 Å². The summed E-state index contributed by atoms with van der Waals surface area (Å²) in [5.74, 6) is 5.46. The predicted octanol–water partition coefficient (Wildman–Crippen LogP) is 2.81. The van der Waals surface area contributed by atoms with Crippen molar-refractivity contribution in [3.05, 3.63) is 19.2 Å². The summed E-state index contributed by atoms with van der Waals surface area (Å²) in [5, 5.41) is 0. The molecule has 0 aliphatic heterocycles. The SMILES string of the molecule is CCOCC(NN)c1cc(Br)sc1Br. The highest BCUT2D eigenvalue weighted by molar-refractivity contribution is 9.12. The Morgan fingerprint density at radius 3 is 2.79 bits per heavy atom. The van der Waals surface area contributed by atoms with Crippen LogP contribution in [0.4, 0.5) is 0 Å². The van der Waals surface area contributed by atoms with Crippen LogP contribution in [0.15, 0.2) is 13.6 Å². The molecule has 0 spiro atoms. The van der Waals surface area contributed by atoms with Crippen LogP contribution in [0.2, 0.25) is 0 Å². The quantitative estimate of drug-likeness (QED) is 0.638. The maximum Gasteiger partial charge on any atom is 0.0759 e. The van der Waals surface area contributed by atoms with Gasteiger partial charge in [-0.05, 0) is 50.4 Å². The molecule has 0 aromatic carbocycles. The average molecular weight is 344 g/mol. The van der Waals surface area contributed by atoms with Crippen molar-refractivity contribution < 1.29 is 4.74 Å². The van der Waals surface area contributed by atoms with Gasteiger partial charge in [-0.25, -0.2) is 0 Å². The van der Waals surface area contributed by atoms with Crippen LogP contribution >= 0.6 is 43.2 Å². The monoisotopic (exact) mass is 342 g/mol. The highest BCUT2D eigenvalue weighted by Crippen LogP contribution is 2.35. The van der Waals surface area contributed by atoms with Crippen molar-refractivity contribution in [1.29, 1.82) is 0 Å². The minimum atomic E-state index is 0.0341. The first-order valence-corrected chi connectivity index (χ1v) is 6.57. The largest absolute Gasteiger partial charge is 0.380 e. The number of hydrazine groups is 1. The van der Waals surface area contributed by atoms with E-state index in [9.17, 15) is 0 Å². The average Bonchev–Trinajstić information content (AvgIpc) is 2.47. The maximum atomic E-state index is 5.46. The van der Waals surface area contributed by atoms with Gasteiger partial charge in [0.1, 0.15) is 0 Å². The van der Waals surface area contributed by atoms with Gasteiger partial charge in [0.05, 0.1) is 20.2 Å². The number of thiophene rings is 1. The molecule has 1 rings (SSSR count). The molecule has 14 heavy (non-hydrogen) atoms. The molecule has 1 unspecified atom stereocenters. The number of rotatable bonds is 5. The topological polar surface area (TPSA) is 47.3 Å². The van der Waals surface area contributed by atoms with Crippen LogP contribution in [-0.4, -0.2) is 13.2 Å². The van der Waals surface area contributed by atoms with E-state index in [1.807, 2.05) is 13.0 Å². The summed E-state index contributed by atoms with van der Waals surface area (Å²) >= 11 is 8.54. The standard InChI is InChI=1S/C8H12Br2N2OS/c1-2-13-4-6(12-11)5-3-7(9)14-8(5)10/h3,6,12H,2,4,11H2,1H3. The highest BCUT2D eigenvalue weighted by atomic mass is 79.9. The molecule has 0 aliphatic carbocycles. The molecule has 0 fully saturated rings. The molecule has 0 radical (unpaired) electrons. The lowest BCUT2D eigenvalue weighted by Crippen LogP contribution is -2.31. The summed E-state index contributed by atoms with van der Waals surface area (Å²) in [6.07, 6.45) is 0. The van der Waals surface area contributed by atoms with E-state index in [-0.39, 0.29) is 6.04 Å². The van der Waals surface area contributed by atoms with Crippen LogP contribution in [0, 0.1) is 0 Å². The van der Waals surface area contributed by atoms with Gasteiger partial charge in [0.25, 0.3) is 0 Å². The van der Waals surface area contributed by atoms with Crippen LogP contribution in [0.1, 0.15) is 18.5 Å². The van der Waals surface area contributed by atoms with Crippen molar-refractivity contribution in [2.45, 2.75) is 13.0 Å². The highest BCUT2D eigenvalue weighted by Gasteiger charge is 2.15. The maximum absolute atomic E-state index is 5.46. The number of nitrogens with two attached hydrogens (primary N) is 1. The lowest BCUT2D eigenvalue weighted by molar-refractivity contribution is 0.123. The number of hydrogen-bond acceptors (Lipinski definition) is 4. The zero-order valence-electron chi connectivity index (χ0n) is 7.72. The third-order valence-electron chi connectivity index (χ3n) is 1.75. The Morgan fingerprint density at radius 1 is 1.64 bits per heavy atom. The Morgan fingerprint density at radius 2 is 2.36 bits per heavy atom. The van der Waals surface area contributed by atoms with E-state index in [1.165, 1.54) is 0 Å². The normalized spacial score (nSPS) is 13.1. The molecule has 3 N–H and O–H groups in total. The zero-order chi connectivity index (χ0) is 10.6. The van der Waals surface area contributed by atoms with Gasteiger partial charge in [0.2, 0.25) is 0 Å². The van der Waals surface area contributed by atoms with E-state index in [2.05, 4.69) is 37.3 Å². The Bertz CT molecular complexity index is 293. The molecule has 1 aromatic heterocycles. The van der Waals surface area contributed by atoms with Gasteiger partial charge in [-0.3, -0.25) is 11.3 Å². The van der Waals surface area contributed by atoms with Crippen LogP contribution in [0.5, 0.6) is 0 Å². The molecule has 0 bridgehead atoms. The summed E-state index contributed by atoms with van der Waals surface area (Å²) in [7, 11) is 0. The molecular weight excluding hydrogens is 332 g/mol. The van der Waals surface area contributed by atoms with Gasteiger partial charge in [-0.2, -0.15) is 0 Å². The molecule has 0 saturated carbocycles. The van der Waals surface area contributed by atoms with Gasteiger partial charge in [0.15, 0.2) is 0 Å². The van der Waals surface area contributed by atoms with E-state index in [0.717, 1.165) is 13.1 Å². The van der Waals surface area contributed by atoms with E-state index >= 15 is 0 Å². The van der Waals surface area contributed by atoms with E-state index in [0.29, 0.717) is 13.2 Å². The first kappa shape index (κ1) is 12.6. The second-order valence-electron chi connectivity index (χ2n) is 2.66. The Hall–Kier alpha value is 0.540. The van der Waals surface area contributed by atoms with Gasteiger partial charge in [-0.1, -0.05) is 0 Å². The van der Waals surface area contributed by atoms with Crippen molar-refractivity contribution in [3.63, 3.8) is 0 Å². The number of ether oxygens (including phenoxy) is 1. The van der Waals surface area contributed by atoms with Crippen LogP contribution in [0.3, 0.4) is 0 Å². The fourth-order valence-electron chi connectivity index (χ4n) is 1.05. The van der Waals surface area contributed by atoms with Crippen LogP contribution in [-0.2, 0) is 4.74 Å². The molecule has 0 saturated heterocycles. The molecule has 0 aliphatic rings. The fraction of sp³-hybridized carbons (Fsp3) is 0.500. The molecule has 0 amide bonds. The van der Waals surface area contributed by atoms with Gasteiger partial charge >= 0.3 is 0 Å². The molecule has 1 heterocycles. The van der Waals surface area contributed by atoms with Crippen molar-refractivity contribution in [2.75, 3.05) is 13.2 Å². The second-order valence-corrected chi connectivity index (χ2v) is 6.41. The van der Waals surface area contributed by atoms with E-state index in [1.54, 1.807) is 11.3 Å². The summed E-state index contributed by atoms with van der Waals surface area (Å²) in [6.45, 7) is 3.24. The van der Waals surface area contributed by atoms with Gasteiger partial charge < -0.3 is 4.74 Å². The summed E-state index contributed by atoms with van der Waals surface area (Å²) in [4.78, 5) is 0. The lowest BCUT2D eigenvalue weighted by atomic mass is 10.2. The fourth-order valence-corrected chi connectivity index (χ4v) is 4.03. The number of hydrogen-bond donors (Lipinski definition) is 2. The van der Waals surface area contributed by atoms with Gasteiger partial charge in [0, 0.05) is 6.61 Å². The smallest absolute Gasteiger partial charge is 0.0759 e. The first-order chi connectivity index (χ1) is 6.69. The lowest BCUT2D eigenvalue weighted by Gasteiger charge is -2.14. The molecule has 1 aromatic rings. The molecule has 80 valence electrons. The van der Waals surface area contributed by atoms with Crippen LogP contribution < -0.4 is 11.3 Å². The minimum Gasteiger partial charge on any atom is -0.380 e. The molecular formula is C8H12Br2N2OS. The third-order valence-corrected chi connectivity index (χ3v) is 4.13. The minimum absolute atomic E-state index is 0.0341. The Kier molecular flexibility index (Phi) is 5.58. The van der Waals surface area contributed by atoms with Gasteiger partial charge in [-0.15, -0.1) is 11.3 Å². The van der Waals surface area contributed by atoms with E-state index in [4.69, 9.17) is 10.6 Å². The number of halogens is 2. The van der Waals surface area contributed by atoms with Crippen molar-refractivity contribution >= 4 is 43.2 Å². The summed E-state index contributed by atoms with van der Waals surface area (Å²) in [6, 6.07) is 2.07. The second kappa shape index (κ2) is 6.19. The zero-order valence-corrected chi connectivity index (χ0v) is 11.7. The molecule has 3 nitrogen and oxygen atoms in total. The predicted molar refractivity (Wildman–Crippen MR) is 66.3 cm³/mol.